The summed E-state index contributed by atoms with van der Waals surface area (Å²) in [5.41, 5.74) is 5.57. The summed E-state index contributed by atoms with van der Waals surface area (Å²) in [5.74, 6) is -0.429. The molecule has 16 heavy (non-hydrogen) atoms. The van der Waals surface area contributed by atoms with E-state index in [1.165, 1.54) is 0 Å². The van der Waals surface area contributed by atoms with Crippen molar-refractivity contribution >= 4 is 5.91 Å². The van der Waals surface area contributed by atoms with Gasteiger partial charge in [0.25, 0.3) is 5.91 Å². The Kier molecular flexibility index (Phi) is 4.04. The molecule has 1 amide bonds. The number of rotatable bonds is 4. The quantitative estimate of drug-likeness (QED) is 0.697. The van der Waals surface area contributed by atoms with E-state index >= 15 is 0 Å². The molecule has 1 aromatic carbocycles. The average Bonchev–Trinajstić information content (AvgIpc) is 2.28. The molecule has 0 saturated heterocycles. The van der Waals surface area contributed by atoms with E-state index in [1.54, 1.807) is 24.3 Å². The number of carbonyl (C=O) groups excluding carboxylic acids is 1. The fourth-order valence-electron chi connectivity index (χ4n) is 1.24. The molecule has 0 aliphatic carbocycles. The second-order valence-corrected chi connectivity index (χ2v) is 4.39. The third-order valence-corrected chi connectivity index (χ3v) is 2.34. The molecule has 1 atom stereocenters. The van der Waals surface area contributed by atoms with Crippen molar-refractivity contribution in [2.75, 3.05) is 6.54 Å². The lowest BCUT2D eigenvalue weighted by Crippen LogP contribution is -2.50. The van der Waals surface area contributed by atoms with Gasteiger partial charge >= 0.3 is 0 Å². The van der Waals surface area contributed by atoms with Crippen molar-refractivity contribution in [3.05, 3.63) is 35.9 Å². The zero-order valence-electron chi connectivity index (χ0n) is 9.60. The van der Waals surface area contributed by atoms with Crippen LogP contribution in [0, 0.1) is 0 Å². The van der Waals surface area contributed by atoms with Crippen LogP contribution in [-0.4, -0.2) is 23.1 Å². The van der Waals surface area contributed by atoms with Crippen LogP contribution in [0.5, 0.6) is 0 Å². The summed E-state index contributed by atoms with van der Waals surface area (Å²) in [6.45, 7) is 3.94. The van der Waals surface area contributed by atoms with Gasteiger partial charge in [0, 0.05) is 12.1 Å². The fraction of sp³-hybridized carbons (Fsp3) is 0.417. The Morgan fingerprint density at radius 1 is 1.44 bits per heavy atom. The second-order valence-electron chi connectivity index (χ2n) is 4.39. The number of benzene rings is 1. The summed E-state index contributed by atoms with van der Waals surface area (Å²) < 4.78 is 0. The first-order valence-electron chi connectivity index (χ1n) is 5.21. The monoisotopic (exact) mass is 222 g/mol. The van der Waals surface area contributed by atoms with Crippen molar-refractivity contribution in [2.24, 2.45) is 5.73 Å². The Hall–Kier alpha value is -1.39. The zero-order valence-corrected chi connectivity index (χ0v) is 9.60. The Bertz CT molecular complexity index is 349. The molecule has 88 valence electrons. The van der Waals surface area contributed by atoms with E-state index in [9.17, 15) is 9.90 Å². The van der Waals surface area contributed by atoms with Crippen molar-refractivity contribution in [3.63, 3.8) is 0 Å². The minimum absolute atomic E-state index is 0.320. The largest absolute Gasteiger partial charge is 0.378 e. The maximum absolute atomic E-state index is 11.7. The van der Waals surface area contributed by atoms with E-state index < -0.39 is 17.6 Å². The van der Waals surface area contributed by atoms with Crippen LogP contribution in [0.4, 0.5) is 0 Å². The molecule has 0 saturated carbocycles. The summed E-state index contributed by atoms with van der Waals surface area (Å²) >= 11 is 0. The Morgan fingerprint density at radius 3 is 2.50 bits per heavy atom. The number of hydrogen-bond acceptors (Lipinski definition) is 3. The minimum Gasteiger partial charge on any atom is -0.378 e. The molecule has 0 aliphatic rings. The topological polar surface area (TPSA) is 75.3 Å². The average molecular weight is 222 g/mol. The molecule has 0 aliphatic heterocycles. The molecule has 0 radical (unpaired) electrons. The lowest BCUT2D eigenvalue weighted by molar-refractivity contribution is -0.131. The van der Waals surface area contributed by atoms with Crippen molar-refractivity contribution in [3.8, 4) is 0 Å². The van der Waals surface area contributed by atoms with Gasteiger partial charge in [-0.15, -0.1) is 0 Å². The molecule has 1 aromatic rings. The van der Waals surface area contributed by atoms with Gasteiger partial charge in [-0.1, -0.05) is 30.3 Å². The highest BCUT2D eigenvalue weighted by molar-refractivity contribution is 5.82. The van der Waals surface area contributed by atoms with E-state index in [0.29, 0.717) is 12.1 Å². The molecule has 4 N–H and O–H groups in total. The first-order chi connectivity index (χ1) is 7.46. The number of aliphatic hydroxyl groups is 1. The normalized spacial score (nSPS) is 13.2. The lowest BCUT2D eigenvalue weighted by Gasteiger charge is -2.25. The zero-order chi connectivity index (χ0) is 12.2. The number of hydrogen-bond donors (Lipinski definition) is 3. The molecule has 0 bridgehead atoms. The number of amides is 1. The molecule has 0 fully saturated rings. The smallest absolute Gasteiger partial charge is 0.253 e. The summed E-state index contributed by atoms with van der Waals surface area (Å²) in [7, 11) is 0. The Labute approximate surface area is 95.5 Å². The van der Waals surface area contributed by atoms with E-state index in [2.05, 4.69) is 5.32 Å². The molecule has 1 unspecified atom stereocenters. The fourth-order valence-corrected chi connectivity index (χ4v) is 1.24. The van der Waals surface area contributed by atoms with Crippen LogP contribution in [0.25, 0.3) is 0 Å². The van der Waals surface area contributed by atoms with Gasteiger partial charge < -0.3 is 16.2 Å². The highest BCUT2D eigenvalue weighted by Crippen LogP contribution is 2.13. The van der Waals surface area contributed by atoms with Gasteiger partial charge in [-0.25, -0.2) is 0 Å². The molecule has 4 heteroatoms. The molecular weight excluding hydrogens is 204 g/mol. The molecule has 0 heterocycles. The van der Waals surface area contributed by atoms with Gasteiger partial charge in [0.2, 0.25) is 0 Å². The molecule has 0 spiro atoms. The number of nitrogens with two attached hydrogens (primary N) is 1. The summed E-state index contributed by atoms with van der Waals surface area (Å²) in [6.07, 6.45) is -1.15. The van der Waals surface area contributed by atoms with Crippen LogP contribution < -0.4 is 11.1 Å². The standard InChI is InChI=1S/C12H18N2O2/c1-12(2,8-13)14-11(16)10(15)9-6-4-3-5-7-9/h3-7,10,15H,8,13H2,1-2H3,(H,14,16). The number of aliphatic hydroxyl groups excluding tert-OH is 1. The van der Waals surface area contributed by atoms with Crippen LogP contribution >= 0.6 is 0 Å². The molecule has 4 nitrogen and oxygen atoms in total. The predicted molar refractivity (Wildman–Crippen MR) is 62.7 cm³/mol. The van der Waals surface area contributed by atoms with Crippen LogP contribution in [0.15, 0.2) is 30.3 Å². The maximum atomic E-state index is 11.7. The van der Waals surface area contributed by atoms with Gasteiger partial charge in [0.15, 0.2) is 6.10 Å². The van der Waals surface area contributed by atoms with Gasteiger partial charge in [-0.3, -0.25) is 4.79 Å². The van der Waals surface area contributed by atoms with Crippen LogP contribution in [0.3, 0.4) is 0 Å². The van der Waals surface area contributed by atoms with E-state index in [1.807, 2.05) is 19.9 Å². The third-order valence-electron chi connectivity index (χ3n) is 2.34. The first kappa shape index (κ1) is 12.7. The predicted octanol–water partition coefficient (Wildman–Crippen LogP) is 0.573. The Morgan fingerprint density at radius 2 is 2.00 bits per heavy atom. The van der Waals surface area contributed by atoms with Gasteiger partial charge in [0.1, 0.15) is 0 Å². The minimum atomic E-state index is -1.15. The number of carbonyl (C=O) groups is 1. The maximum Gasteiger partial charge on any atom is 0.253 e. The van der Waals surface area contributed by atoms with E-state index in [0.717, 1.165) is 0 Å². The number of nitrogens with one attached hydrogen (secondary N) is 1. The second kappa shape index (κ2) is 5.09. The summed E-state index contributed by atoms with van der Waals surface area (Å²) in [5, 5.41) is 12.5. The highest BCUT2D eigenvalue weighted by Gasteiger charge is 2.24. The van der Waals surface area contributed by atoms with Crippen molar-refractivity contribution in [1.82, 2.24) is 5.32 Å². The van der Waals surface area contributed by atoms with E-state index in [4.69, 9.17) is 5.73 Å². The van der Waals surface area contributed by atoms with Gasteiger partial charge in [0.05, 0.1) is 0 Å². The SMILES string of the molecule is CC(C)(CN)NC(=O)C(O)c1ccccc1. The third kappa shape index (κ3) is 3.32. The summed E-state index contributed by atoms with van der Waals surface area (Å²) in [4.78, 5) is 11.7. The molecule has 1 rings (SSSR count). The van der Waals surface area contributed by atoms with Gasteiger partial charge in [-0.05, 0) is 19.4 Å². The van der Waals surface area contributed by atoms with Crippen molar-refractivity contribution in [2.45, 2.75) is 25.5 Å². The summed E-state index contributed by atoms with van der Waals surface area (Å²) in [6, 6.07) is 8.80. The highest BCUT2D eigenvalue weighted by atomic mass is 16.3. The van der Waals surface area contributed by atoms with E-state index in [-0.39, 0.29) is 0 Å². The van der Waals surface area contributed by atoms with Crippen molar-refractivity contribution in [1.29, 1.82) is 0 Å². The van der Waals surface area contributed by atoms with Gasteiger partial charge in [-0.2, -0.15) is 0 Å². The van der Waals surface area contributed by atoms with Crippen molar-refractivity contribution < 1.29 is 9.90 Å². The molecular formula is C12H18N2O2. The lowest BCUT2D eigenvalue weighted by atomic mass is 10.0. The van der Waals surface area contributed by atoms with Crippen LogP contribution in [-0.2, 0) is 4.79 Å². The first-order valence-corrected chi connectivity index (χ1v) is 5.21. The van der Waals surface area contributed by atoms with Crippen LogP contribution in [0.2, 0.25) is 0 Å². The Balaban J connectivity index is 2.69. The van der Waals surface area contributed by atoms with Crippen LogP contribution in [0.1, 0.15) is 25.5 Å². The molecule has 0 aromatic heterocycles.